The largest absolute Gasteiger partial charge is 0.466 e. The van der Waals surface area contributed by atoms with Crippen LogP contribution in [0.15, 0.2) is 24.3 Å². The first-order valence-electron chi connectivity index (χ1n) is 8.26. The van der Waals surface area contributed by atoms with E-state index in [9.17, 15) is 9.59 Å². The topological polar surface area (TPSA) is 82.4 Å². The van der Waals surface area contributed by atoms with Crippen molar-refractivity contribution in [3.63, 3.8) is 0 Å². The molecule has 1 fully saturated rings. The number of nitriles is 1. The summed E-state index contributed by atoms with van der Waals surface area (Å²) in [6.45, 7) is 5.45. The zero-order valence-electron chi connectivity index (χ0n) is 14.1. The molecular formula is C18H23N3O3. The van der Waals surface area contributed by atoms with E-state index in [0.29, 0.717) is 43.8 Å². The molecule has 1 aliphatic rings. The van der Waals surface area contributed by atoms with Gasteiger partial charge in [-0.2, -0.15) is 5.26 Å². The molecule has 0 aromatic heterocycles. The maximum atomic E-state index is 12.4. The van der Waals surface area contributed by atoms with Gasteiger partial charge in [-0.15, -0.1) is 0 Å². The molecule has 0 bridgehead atoms. The Hall–Kier alpha value is -2.39. The normalized spacial score (nSPS) is 16.9. The second-order valence-corrected chi connectivity index (χ2v) is 5.92. The highest BCUT2D eigenvalue weighted by atomic mass is 16.5. The second-order valence-electron chi connectivity index (χ2n) is 5.92. The fourth-order valence-electron chi connectivity index (χ4n) is 2.86. The van der Waals surface area contributed by atoms with Crippen LogP contribution in [0.25, 0.3) is 0 Å². The molecule has 1 amide bonds. The summed E-state index contributed by atoms with van der Waals surface area (Å²) in [7, 11) is 0. The summed E-state index contributed by atoms with van der Waals surface area (Å²) in [5.41, 5.74) is 1.13. The van der Waals surface area contributed by atoms with Crippen LogP contribution in [0.5, 0.6) is 0 Å². The van der Waals surface area contributed by atoms with Gasteiger partial charge in [0.1, 0.15) is 0 Å². The molecule has 2 rings (SSSR count). The first kappa shape index (κ1) is 18.0. The highest BCUT2D eigenvalue weighted by molar-refractivity contribution is 5.94. The molecule has 128 valence electrons. The summed E-state index contributed by atoms with van der Waals surface area (Å²) in [5, 5.41) is 11.8. The summed E-state index contributed by atoms with van der Waals surface area (Å²) in [6.07, 6.45) is 1.42. The van der Waals surface area contributed by atoms with Crippen molar-refractivity contribution in [2.75, 3.05) is 25.0 Å². The van der Waals surface area contributed by atoms with Crippen LogP contribution in [0.1, 0.15) is 32.3 Å². The van der Waals surface area contributed by atoms with E-state index in [2.05, 4.69) is 16.3 Å². The molecule has 1 saturated heterocycles. The van der Waals surface area contributed by atoms with Gasteiger partial charge in [0.2, 0.25) is 5.91 Å². The minimum atomic E-state index is -0.293. The number of benzene rings is 1. The van der Waals surface area contributed by atoms with Crippen molar-refractivity contribution in [3.8, 4) is 6.07 Å². The molecule has 1 heterocycles. The number of carbonyl (C=O) groups is 2. The van der Waals surface area contributed by atoms with Gasteiger partial charge >= 0.3 is 5.97 Å². The minimum absolute atomic E-state index is 0.0660. The third kappa shape index (κ3) is 4.56. The van der Waals surface area contributed by atoms with E-state index in [0.717, 1.165) is 0 Å². The molecule has 1 N–H and O–H groups in total. The van der Waals surface area contributed by atoms with Gasteiger partial charge in [0.05, 0.1) is 30.2 Å². The highest BCUT2D eigenvalue weighted by Crippen LogP contribution is 2.21. The van der Waals surface area contributed by atoms with Crippen LogP contribution in [-0.2, 0) is 14.3 Å². The molecule has 1 atom stereocenters. The molecule has 1 aromatic rings. The molecule has 0 spiro atoms. The summed E-state index contributed by atoms with van der Waals surface area (Å²) in [5.74, 6) is -0.314. The van der Waals surface area contributed by atoms with E-state index >= 15 is 0 Å². The summed E-state index contributed by atoms with van der Waals surface area (Å²) in [6, 6.07) is 8.61. The Morgan fingerprint density at radius 3 is 2.75 bits per heavy atom. The molecule has 0 saturated carbocycles. The van der Waals surface area contributed by atoms with E-state index in [1.54, 1.807) is 31.2 Å². The molecule has 1 aliphatic heterocycles. The zero-order chi connectivity index (χ0) is 17.5. The van der Waals surface area contributed by atoms with E-state index in [1.807, 2.05) is 6.92 Å². The maximum absolute atomic E-state index is 12.4. The van der Waals surface area contributed by atoms with Crippen molar-refractivity contribution in [3.05, 3.63) is 29.8 Å². The maximum Gasteiger partial charge on any atom is 0.309 e. The van der Waals surface area contributed by atoms with Crippen LogP contribution in [0.4, 0.5) is 5.69 Å². The summed E-state index contributed by atoms with van der Waals surface area (Å²) < 4.78 is 5.06. The number of rotatable bonds is 5. The SMILES string of the molecule is CCOC(=O)C1CCN(C(C)C(=O)Nc2cccc(C#N)c2)CC1. The standard InChI is InChI=1S/C18H23N3O3/c1-3-24-18(23)15-7-9-21(10-8-15)13(2)17(22)20-16-6-4-5-14(11-16)12-19/h4-6,11,13,15H,3,7-10H2,1-2H3,(H,20,22). The molecule has 0 aliphatic carbocycles. The van der Waals surface area contributed by atoms with Gasteiger partial charge in [-0.25, -0.2) is 0 Å². The lowest BCUT2D eigenvalue weighted by atomic mass is 9.96. The third-order valence-electron chi connectivity index (χ3n) is 4.34. The monoisotopic (exact) mass is 329 g/mol. The number of amides is 1. The Morgan fingerprint density at radius 2 is 2.12 bits per heavy atom. The smallest absolute Gasteiger partial charge is 0.309 e. The number of carbonyl (C=O) groups excluding carboxylic acids is 2. The fourth-order valence-corrected chi connectivity index (χ4v) is 2.86. The van der Waals surface area contributed by atoms with E-state index in [-0.39, 0.29) is 23.8 Å². The number of ether oxygens (including phenoxy) is 1. The quantitative estimate of drug-likeness (QED) is 0.837. The number of esters is 1. The molecule has 24 heavy (non-hydrogen) atoms. The first-order chi connectivity index (χ1) is 11.5. The van der Waals surface area contributed by atoms with Crippen molar-refractivity contribution < 1.29 is 14.3 Å². The molecular weight excluding hydrogens is 306 g/mol. The number of hydrogen-bond acceptors (Lipinski definition) is 5. The number of piperidine rings is 1. The lowest BCUT2D eigenvalue weighted by Gasteiger charge is -2.34. The van der Waals surface area contributed by atoms with Crippen LogP contribution in [0.3, 0.4) is 0 Å². The lowest BCUT2D eigenvalue weighted by Crippen LogP contribution is -2.47. The minimum Gasteiger partial charge on any atom is -0.466 e. The highest BCUT2D eigenvalue weighted by Gasteiger charge is 2.30. The van der Waals surface area contributed by atoms with Crippen molar-refractivity contribution in [1.82, 2.24) is 4.90 Å². The summed E-state index contributed by atoms with van der Waals surface area (Å²) >= 11 is 0. The fraction of sp³-hybridized carbons (Fsp3) is 0.500. The van der Waals surface area contributed by atoms with Crippen molar-refractivity contribution >= 4 is 17.6 Å². The third-order valence-corrected chi connectivity index (χ3v) is 4.34. The van der Waals surface area contributed by atoms with Gasteiger partial charge in [0.15, 0.2) is 0 Å². The van der Waals surface area contributed by atoms with Gasteiger partial charge in [-0.3, -0.25) is 14.5 Å². The van der Waals surface area contributed by atoms with Crippen molar-refractivity contribution in [1.29, 1.82) is 5.26 Å². The molecule has 1 aromatic carbocycles. The van der Waals surface area contributed by atoms with E-state index < -0.39 is 0 Å². The van der Waals surface area contributed by atoms with Crippen molar-refractivity contribution in [2.24, 2.45) is 5.92 Å². The Bertz CT molecular complexity index is 631. The van der Waals surface area contributed by atoms with Crippen LogP contribution in [-0.4, -0.2) is 42.5 Å². The first-order valence-corrected chi connectivity index (χ1v) is 8.26. The van der Waals surface area contributed by atoms with Crippen LogP contribution in [0.2, 0.25) is 0 Å². The number of likely N-dealkylation sites (tertiary alicyclic amines) is 1. The molecule has 0 radical (unpaired) electrons. The summed E-state index contributed by atoms with van der Waals surface area (Å²) in [4.78, 5) is 26.2. The Morgan fingerprint density at radius 1 is 1.42 bits per heavy atom. The van der Waals surface area contributed by atoms with Gasteiger partial charge in [0.25, 0.3) is 0 Å². The number of hydrogen-bond donors (Lipinski definition) is 1. The van der Waals surface area contributed by atoms with Crippen LogP contribution in [0, 0.1) is 17.2 Å². The molecule has 6 nitrogen and oxygen atoms in total. The Labute approximate surface area is 142 Å². The predicted molar refractivity (Wildman–Crippen MR) is 90.2 cm³/mol. The molecule has 6 heteroatoms. The Kier molecular flexibility index (Phi) is 6.33. The van der Waals surface area contributed by atoms with E-state index in [1.165, 1.54) is 0 Å². The number of nitrogens with one attached hydrogen (secondary N) is 1. The molecule has 1 unspecified atom stereocenters. The number of nitrogens with zero attached hydrogens (tertiary/aromatic N) is 2. The van der Waals surface area contributed by atoms with Crippen LogP contribution >= 0.6 is 0 Å². The predicted octanol–water partition coefficient (Wildman–Crippen LogP) is 2.16. The van der Waals surface area contributed by atoms with Gasteiger partial charge in [0, 0.05) is 5.69 Å². The van der Waals surface area contributed by atoms with Gasteiger partial charge in [-0.1, -0.05) is 6.07 Å². The van der Waals surface area contributed by atoms with Crippen LogP contribution < -0.4 is 5.32 Å². The number of anilines is 1. The van der Waals surface area contributed by atoms with Crippen molar-refractivity contribution in [2.45, 2.75) is 32.7 Å². The average Bonchev–Trinajstić information content (AvgIpc) is 2.61. The second kappa shape index (κ2) is 8.46. The zero-order valence-corrected chi connectivity index (χ0v) is 14.1. The van der Waals surface area contributed by atoms with Gasteiger partial charge in [-0.05, 0) is 58.0 Å². The average molecular weight is 329 g/mol. The van der Waals surface area contributed by atoms with E-state index in [4.69, 9.17) is 10.00 Å². The van der Waals surface area contributed by atoms with Gasteiger partial charge < -0.3 is 10.1 Å². The Balaban J connectivity index is 1.88. The lowest BCUT2D eigenvalue weighted by molar-refractivity contribution is -0.149.